The molecule has 18 heavy (non-hydrogen) atoms. The quantitative estimate of drug-likeness (QED) is 0.899. The smallest absolute Gasteiger partial charge is 0.137 e. The van der Waals surface area contributed by atoms with Crippen molar-refractivity contribution in [1.29, 1.82) is 0 Å². The van der Waals surface area contributed by atoms with E-state index in [1.165, 1.54) is 16.7 Å². The third kappa shape index (κ3) is 2.62. The van der Waals surface area contributed by atoms with E-state index in [-0.39, 0.29) is 6.61 Å². The number of hydrogen-bond donors (Lipinski definition) is 1. The molecule has 0 aliphatic heterocycles. The van der Waals surface area contributed by atoms with Crippen LogP contribution in [0.4, 0.5) is 0 Å². The maximum atomic E-state index is 8.81. The van der Waals surface area contributed by atoms with Crippen LogP contribution in [-0.4, -0.2) is 16.9 Å². The Morgan fingerprint density at radius 2 is 1.78 bits per heavy atom. The lowest BCUT2D eigenvalue weighted by atomic mass is 9.97. The second-order valence-electron chi connectivity index (χ2n) is 4.78. The first-order chi connectivity index (χ1) is 8.61. The summed E-state index contributed by atoms with van der Waals surface area (Å²) in [5.74, 6) is 0.832. The molecule has 1 heterocycles. The van der Waals surface area contributed by atoms with Gasteiger partial charge < -0.3 is 9.63 Å². The molecule has 1 N–H and O–H groups in total. The molecular formula is C15H19NO2. The number of benzene rings is 1. The normalized spacial score (nSPS) is 10.9. The van der Waals surface area contributed by atoms with Gasteiger partial charge in [-0.3, -0.25) is 0 Å². The van der Waals surface area contributed by atoms with Crippen LogP contribution < -0.4 is 0 Å². The van der Waals surface area contributed by atoms with Gasteiger partial charge in [0.1, 0.15) is 11.5 Å². The predicted octanol–water partition coefficient (Wildman–Crippen LogP) is 3.19. The number of aliphatic hydroxyl groups excluding tert-OH is 1. The van der Waals surface area contributed by atoms with Crippen LogP contribution >= 0.6 is 0 Å². The summed E-state index contributed by atoms with van der Waals surface area (Å²) in [7, 11) is 0. The molecule has 0 saturated heterocycles. The minimum Gasteiger partial charge on any atom is -0.396 e. The summed E-state index contributed by atoms with van der Waals surface area (Å²) < 4.78 is 5.30. The van der Waals surface area contributed by atoms with Crippen LogP contribution in [0.5, 0.6) is 0 Å². The van der Waals surface area contributed by atoms with Crippen LogP contribution in [0.15, 0.2) is 22.7 Å². The monoisotopic (exact) mass is 245 g/mol. The molecule has 0 saturated carbocycles. The minimum absolute atomic E-state index is 0.179. The highest BCUT2D eigenvalue weighted by molar-refractivity contribution is 5.68. The average Bonchev–Trinajstić information content (AvgIpc) is 2.73. The molecule has 0 unspecified atom stereocenters. The predicted molar refractivity (Wildman–Crippen MR) is 71.6 cm³/mol. The SMILES string of the molecule is Cc1cc(C)c(-c2cc(CCCO)on2)c(C)c1. The second kappa shape index (κ2) is 5.36. The maximum absolute atomic E-state index is 8.81. The van der Waals surface area contributed by atoms with Gasteiger partial charge in [-0.15, -0.1) is 0 Å². The van der Waals surface area contributed by atoms with Gasteiger partial charge in [-0.2, -0.15) is 0 Å². The van der Waals surface area contributed by atoms with Gasteiger partial charge in [0.05, 0.1) is 0 Å². The van der Waals surface area contributed by atoms with Crippen molar-refractivity contribution >= 4 is 0 Å². The number of rotatable bonds is 4. The van der Waals surface area contributed by atoms with Gasteiger partial charge in [0.2, 0.25) is 0 Å². The Labute approximate surface area is 107 Å². The average molecular weight is 245 g/mol. The first kappa shape index (κ1) is 12.8. The topological polar surface area (TPSA) is 46.3 Å². The van der Waals surface area contributed by atoms with Crippen LogP contribution in [-0.2, 0) is 6.42 Å². The number of nitrogens with zero attached hydrogens (tertiary/aromatic N) is 1. The highest BCUT2D eigenvalue weighted by atomic mass is 16.5. The third-order valence-corrected chi connectivity index (χ3v) is 3.07. The molecule has 2 rings (SSSR count). The molecule has 1 aromatic heterocycles. The van der Waals surface area contributed by atoms with E-state index in [4.69, 9.17) is 9.63 Å². The van der Waals surface area contributed by atoms with E-state index >= 15 is 0 Å². The zero-order valence-corrected chi connectivity index (χ0v) is 11.2. The molecule has 1 aromatic carbocycles. The van der Waals surface area contributed by atoms with Gasteiger partial charge in [0.25, 0.3) is 0 Å². The van der Waals surface area contributed by atoms with Gasteiger partial charge in [0.15, 0.2) is 0 Å². The van der Waals surface area contributed by atoms with Gasteiger partial charge in [0, 0.05) is 24.7 Å². The summed E-state index contributed by atoms with van der Waals surface area (Å²) >= 11 is 0. The highest BCUT2D eigenvalue weighted by Gasteiger charge is 2.11. The molecule has 3 nitrogen and oxygen atoms in total. The molecule has 96 valence electrons. The van der Waals surface area contributed by atoms with Crippen molar-refractivity contribution in [3.05, 3.63) is 40.6 Å². The summed E-state index contributed by atoms with van der Waals surface area (Å²) in [6.45, 7) is 6.46. The maximum Gasteiger partial charge on any atom is 0.137 e. The first-order valence-corrected chi connectivity index (χ1v) is 6.26. The van der Waals surface area contributed by atoms with Crippen molar-refractivity contribution in [1.82, 2.24) is 5.16 Å². The minimum atomic E-state index is 0.179. The van der Waals surface area contributed by atoms with Crippen molar-refractivity contribution < 1.29 is 9.63 Å². The van der Waals surface area contributed by atoms with Crippen LogP contribution in [0, 0.1) is 20.8 Å². The van der Waals surface area contributed by atoms with Crippen LogP contribution in [0.25, 0.3) is 11.3 Å². The van der Waals surface area contributed by atoms with Gasteiger partial charge in [-0.05, 0) is 38.3 Å². The number of aliphatic hydroxyl groups is 1. The number of aromatic nitrogens is 1. The van der Waals surface area contributed by atoms with Crippen molar-refractivity contribution in [2.75, 3.05) is 6.61 Å². The van der Waals surface area contributed by atoms with E-state index in [9.17, 15) is 0 Å². The largest absolute Gasteiger partial charge is 0.396 e. The Morgan fingerprint density at radius 1 is 1.11 bits per heavy atom. The van der Waals surface area contributed by atoms with E-state index in [0.29, 0.717) is 6.42 Å². The fourth-order valence-corrected chi connectivity index (χ4v) is 2.39. The second-order valence-corrected chi connectivity index (χ2v) is 4.78. The highest BCUT2D eigenvalue weighted by Crippen LogP contribution is 2.28. The van der Waals surface area contributed by atoms with E-state index < -0.39 is 0 Å². The van der Waals surface area contributed by atoms with Crippen molar-refractivity contribution in [3.8, 4) is 11.3 Å². The van der Waals surface area contributed by atoms with Crippen LogP contribution in [0.3, 0.4) is 0 Å². The van der Waals surface area contributed by atoms with Gasteiger partial charge >= 0.3 is 0 Å². The standard InChI is InChI=1S/C15H19NO2/c1-10-7-11(2)15(12(3)8-10)14-9-13(18-16-14)5-4-6-17/h7-9,17H,4-6H2,1-3H3. The molecule has 0 fully saturated rings. The summed E-state index contributed by atoms with van der Waals surface area (Å²) in [6.07, 6.45) is 1.44. The lowest BCUT2D eigenvalue weighted by molar-refractivity contribution is 0.280. The Hall–Kier alpha value is -1.61. The molecule has 0 atom stereocenters. The molecule has 0 aliphatic carbocycles. The van der Waals surface area contributed by atoms with Crippen LogP contribution in [0.2, 0.25) is 0 Å². The summed E-state index contributed by atoms with van der Waals surface area (Å²) in [5, 5.41) is 12.9. The van der Waals surface area contributed by atoms with Crippen LogP contribution in [0.1, 0.15) is 28.9 Å². The van der Waals surface area contributed by atoms with Gasteiger partial charge in [-0.25, -0.2) is 0 Å². The molecule has 0 radical (unpaired) electrons. The Kier molecular flexibility index (Phi) is 3.82. The first-order valence-electron chi connectivity index (χ1n) is 6.26. The fourth-order valence-electron chi connectivity index (χ4n) is 2.39. The number of hydrogen-bond acceptors (Lipinski definition) is 3. The lowest BCUT2D eigenvalue weighted by Gasteiger charge is -2.07. The summed E-state index contributed by atoms with van der Waals surface area (Å²) in [5.41, 5.74) is 5.74. The fraction of sp³-hybridized carbons (Fsp3) is 0.400. The third-order valence-electron chi connectivity index (χ3n) is 3.07. The Balaban J connectivity index is 2.34. The Bertz CT molecular complexity index is 520. The summed E-state index contributed by atoms with van der Waals surface area (Å²) in [4.78, 5) is 0. The van der Waals surface area contributed by atoms with Crippen molar-refractivity contribution in [2.45, 2.75) is 33.6 Å². The van der Waals surface area contributed by atoms with E-state index in [1.54, 1.807) is 0 Å². The molecule has 0 spiro atoms. The molecule has 2 aromatic rings. The van der Waals surface area contributed by atoms with Crippen molar-refractivity contribution in [3.63, 3.8) is 0 Å². The van der Waals surface area contributed by atoms with Gasteiger partial charge in [-0.1, -0.05) is 22.9 Å². The zero-order valence-electron chi connectivity index (χ0n) is 11.2. The lowest BCUT2D eigenvalue weighted by Crippen LogP contribution is -1.90. The number of aryl methyl sites for hydroxylation is 4. The van der Waals surface area contributed by atoms with E-state index in [1.807, 2.05) is 6.07 Å². The molecule has 0 amide bonds. The zero-order chi connectivity index (χ0) is 13.1. The molecular weight excluding hydrogens is 226 g/mol. The summed E-state index contributed by atoms with van der Waals surface area (Å²) in [6, 6.07) is 6.29. The molecule has 0 bridgehead atoms. The Morgan fingerprint density at radius 3 is 2.39 bits per heavy atom. The van der Waals surface area contributed by atoms with Crippen molar-refractivity contribution in [2.24, 2.45) is 0 Å². The van der Waals surface area contributed by atoms with E-state index in [0.717, 1.165) is 23.4 Å². The molecule has 0 aliphatic rings. The molecule has 3 heteroatoms. The van der Waals surface area contributed by atoms with E-state index in [2.05, 4.69) is 38.1 Å².